The van der Waals surface area contributed by atoms with Crippen molar-refractivity contribution in [1.82, 2.24) is 4.31 Å². The van der Waals surface area contributed by atoms with Crippen molar-refractivity contribution in [3.8, 4) is 0 Å². The first-order chi connectivity index (χ1) is 9.46. The Balaban J connectivity index is 2.38. The third-order valence-electron chi connectivity index (χ3n) is 2.96. The van der Waals surface area contributed by atoms with E-state index >= 15 is 0 Å². The van der Waals surface area contributed by atoms with Gasteiger partial charge in [0.1, 0.15) is 6.04 Å². The molecule has 0 radical (unpaired) electrons. The first-order valence-electron chi connectivity index (χ1n) is 5.90. The van der Waals surface area contributed by atoms with Crippen molar-refractivity contribution in [2.75, 3.05) is 26.9 Å². The summed E-state index contributed by atoms with van der Waals surface area (Å²) in [6.45, 7) is 0.370. The molecule has 20 heavy (non-hydrogen) atoms. The molecule has 1 aromatic rings. The third kappa shape index (κ3) is 3.03. The highest BCUT2D eigenvalue weighted by atomic mass is 79.9. The average molecular weight is 364 g/mol. The van der Waals surface area contributed by atoms with Gasteiger partial charge in [-0.15, -0.1) is 0 Å². The maximum Gasteiger partial charge on any atom is 0.326 e. The molecule has 6 nitrogen and oxygen atoms in total. The molecule has 1 aromatic carbocycles. The van der Waals surface area contributed by atoms with Crippen molar-refractivity contribution in [2.45, 2.75) is 10.9 Å². The summed E-state index contributed by atoms with van der Waals surface area (Å²) >= 11 is 3.24. The standard InChI is InChI=1S/C12H14BrNO5S/c1-18-12(15)11-8-19-6-5-14(11)20(16,17)10-4-2-3-9(13)7-10/h2-4,7,11H,5-6,8H2,1H3. The third-order valence-corrected chi connectivity index (χ3v) is 5.35. The molecular weight excluding hydrogens is 350 g/mol. The number of halogens is 1. The number of nitrogens with zero attached hydrogens (tertiary/aromatic N) is 1. The molecule has 1 fully saturated rings. The van der Waals surface area contributed by atoms with Crippen LogP contribution in [0, 0.1) is 0 Å². The molecule has 0 amide bonds. The molecule has 1 aliphatic heterocycles. The lowest BCUT2D eigenvalue weighted by molar-refractivity contribution is -0.149. The predicted octanol–water partition coefficient (Wildman–Crippen LogP) is 1.01. The number of hydrogen-bond donors (Lipinski definition) is 0. The number of methoxy groups -OCH3 is 1. The van der Waals surface area contributed by atoms with Crippen LogP contribution >= 0.6 is 15.9 Å². The number of sulfonamides is 1. The molecular formula is C12H14BrNO5S. The zero-order chi connectivity index (χ0) is 14.8. The Bertz CT molecular complexity index is 604. The van der Waals surface area contributed by atoms with Gasteiger partial charge in [-0.25, -0.2) is 8.42 Å². The molecule has 0 N–H and O–H groups in total. The molecule has 0 aliphatic carbocycles. The quantitative estimate of drug-likeness (QED) is 0.749. The van der Waals surface area contributed by atoms with Gasteiger partial charge in [0.05, 0.1) is 25.2 Å². The maximum atomic E-state index is 12.6. The molecule has 1 saturated heterocycles. The number of ether oxygens (including phenoxy) is 2. The largest absolute Gasteiger partial charge is 0.468 e. The van der Waals surface area contributed by atoms with Crippen LogP contribution in [0.3, 0.4) is 0 Å². The summed E-state index contributed by atoms with van der Waals surface area (Å²) in [6.07, 6.45) is 0. The number of rotatable bonds is 3. The first-order valence-corrected chi connectivity index (χ1v) is 8.13. The van der Waals surface area contributed by atoms with Crippen LogP contribution in [0.25, 0.3) is 0 Å². The summed E-state index contributed by atoms with van der Waals surface area (Å²) in [4.78, 5) is 11.8. The Morgan fingerprint density at radius 3 is 2.90 bits per heavy atom. The Hall–Kier alpha value is -0.960. The summed E-state index contributed by atoms with van der Waals surface area (Å²) in [6, 6.07) is 5.40. The molecule has 1 heterocycles. The molecule has 1 unspecified atom stereocenters. The van der Waals surface area contributed by atoms with Crippen molar-refractivity contribution >= 4 is 31.9 Å². The predicted molar refractivity (Wildman–Crippen MR) is 74.7 cm³/mol. The van der Waals surface area contributed by atoms with E-state index in [1.165, 1.54) is 19.2 Å². The zero-order valence-corrected chi connectivity index (χ0v) is 13.2. The number of benzene rings is 1. The number of esters is 1. The van der Waals surface area contributed by atoms with Gasteiger partial charge in [0, 0.05) is 11.0 Å². The SMILES string of the molecule is COC(=O)C1COCCN1S(=O)(=O)c1cccc(Br)c1. The highest BCUT2D eigenvalue weighted by Crippen LogP contribution is 2.23. The van der Waals surface area contributed by atoms with E-state index in [1.54, 1.807) is 12.1 Å². The van der Waals surface area contributed by atoms with Gasteiger partial charge in [-0.3, -0.25) is 4.79 Å². The van der Waals surface area contributed by atoms with Gasteiger partial charge in [-0.1, -0.05) is 22.0 Å². The second-order valence-corrected chi connectivity index (χ2v) is 6.99. The van der Waals surface area contributed by atoms with Crippen LogP contribution in [0.1, 0.15) is 0 Å². The summed E-state index contributed by atoms with van der Waals surface area (Å²) in [7, 11) is -2.54. The lowest BCUT2D eigenvalue weighted by Crippen LogP contribution is -2.52. The lowest BCUT2D eigenvalue weighted by atomic mass is 10.3. The molecule has 0 bridgehead atoms. The van der Waals surface area contributed by atoms with Gasteiger partial charge in [0.15, 0.2) is 0 Å². The average Bonchev–Trinajstić information content (AvgIpc) is 2.46. The smallest absolute Gasteiger partial charge is 0.326 e. The van der Waals surface area contributed by atoms with E-state index in [0.29, 0.717) is 4.47 Å². The minimum Gasteiger partial charge on any atom is -0.468 e. The van der Waals surface area contributed by atoms with E-state index in [4.69, 9.17) is 4.74 Å². The number of hydrogen-bond acceptors (Lipinski definition) is 5. The van der Waals surface area contributed by atoms with E-state index in [2.05, 4.69) is 20.7 Å². The van der Waals surface area contributed by atoms with Crippen LogP contribution in [0.15, 0.2) is 33.6 Å². The van der Waals surface area contributed by atoms with E-state index in [9.17, 15) is 13.2 Å². The van der Waals surface area contributed by atoms with Crippen molar-refractivity contribution in [1.29, 1.82) is 0 Å². The van der Waals surface area contributed by atoms with E-state index in [1.807, 2.05) is 0 Å². The van der Waals surface area contributed by atoms with Gasteiger partial charge in [0.2, 0.25) is 10.0 Å². The monoisotopic (exact) mass is 363 g/mol. The van der Waals surface area contributed by atoms with Crippen LogP contribution < -0.4 is 0 Å². The second-order valence-electron chi connectivity index (χ2n) is 4.19. The second kappa shape index (κ2) is 6.21. The summed E-state index contributed by atoms with van der Waals surface area (Å²) < 4.78 is 36.8. The molecule has 1 aliphatic rings. The highest BCUT2D eigenvalue weighted by molar-refractivity contribution is 9.10. The molecule has 1 atom stereocenters. The molecule has 0 saturated carbocycles. The fourth-order valence-corrected chi connectivity index (χ4v) is 4.11. The Labute approximate surface area is 125 Å². The molecule has 8 heteroatoms. The molecule has 0 aromatic heterocycles. The van der Waals surface area contributed by atoms with Gasteiger partial charge in [-0.05, 0) is 18.2 Å². The van der Waals surface area contributed by atoms with E-state index in [-0.39, 0.29) is 24.7 Å². The topological polar surface area (TPSA) is 72.9 Å². The molecule has 110 valence electrons. The minimum atomic E-state index is -3.77. The molecule has 2 rings (SSSR count). The lowest BCUT2D eigenvalue weighted by Gasteiger charge is -2.32. The maximum absolute atomic E-state index is 12.6. The zero-order valence-electron chi connectivity index (χ0n) is 10.8. The fourth-order valence-electron chi connectivity index (χ4n) is 1.96. The van der Waals surface area contributed by atoms with Gasteiger partial charge in [0.25, 0.3) is 0 Å². The number of carbonyl (C=O) groups excluding carboxylic acids is 1. The summed E-state index contributed by atoms with van der Waals surface area (Å²) in [5.74, 6) is -0.622. The van der Waals surface area contributed by atoms with Gasteiger partial charge < -0.3 is 9.47 Å². The van der Waals surface area contributed by atoms with Crippen LogP contribution in [0.5, 0.6) is 0 Å². The van der Waals surface area contributed by atoms with Crippen molar-refractivity contribution in [3.05, 3.63) is 28.7 Å². The Kier molecular flexibility index (Phi) is 4.79. The normalized spacial score (nSPS) is 20.6. The first kappa shape index (κ1) is 15.4. The number of morpholine rings is 1. The van der Waals surface area contributed by atoms with Crippen LogP contribution in [0.2, 0.25) is 0 Å². The van der Waals surface area contributed by atoms with Crippen LogP contribution in [-0.2, 0) is 24.3 Å². The molecule has 0 spiro atoms. The number of carbonyl (C=O) groups is 1. The highest BCUT2D eigenvalue weighted by Gasteiger charge is 2.39. The van der Waals surface area contributed by atoms with E-state index in [0.717, 1.165) is 4.31 Å². The minimum absolute atomic E-state index is 0.0000927. The van der Waals surface area contributed by atoms with Crippen molar-refractivity contribution < 1.29 is 22.7 Å². The van der Waals surface area contributed by atoms with Crippen molar-refractivity contribution in [3.63, 3.8) is 0 Å². The summed E-state index contributed by atoms with van der Waals surface area (Å²) in [5, 5.41) is 0. The van der Waals surface area contributed by atoms with Crippen LogP contribution in [-0.4, -0.2) is 51.6 Å². The Morgan fingerprint density at radius 1 is 1.50 bits per heavy atom. The van der Waals surface area contributed by atoms with Crippen molar-refractivity contribution in [2.24, 2.45) is 0 Å². The summed E-state index contributed by atoms with van der Waals surface area (Å²) in [5.41, 5.74) is 0. The van der Waals surface area contributed by atoms with Gasteiger partial charge >= 0.3 is 5.97 Å². The van der Waals surface area contributed by atoms with Gasteiger partial charge in [-0.2, -0.15) is 4.31 Å². The van der Waals surface area contributed by atoms with Crippen LogP contribution in [0.4, 0.5) is 0 Å². The Morgan fingerprint density at radius 2 is 2.25 bits per heavy atom. The van der Waals surface area contributed by atoms with E-state index < -0.39 is 22.0 Å². The fraction of sp³-hybridized carbons (Fsp3) is 0.417.